The van der Waals surface area contributed by atoms with Gasteiger partial charge in [-0.1, -0.05) is 42.0 Å². The van der Waals surface area contributed by atoms with Gasteiger partial charge in [0, 0.05) is 10.9 Å². The van der Waals surface area contributed by atoms with E-state index in [-0.39, 0.29) is 24.4 Å². The van der Waals surface area contributed by atoms with Crippen LogP contribution in [0.4, 0.5) is 0 Å². The highest BCUT2D eigenvalue weighted by molar-refractivity contribution is 5.99. The Balaban J connectivity index is 1.69. The number of Topliss-reactive ketones (excluding diaryl/α,β-unsaturated/α-hetero) is 1. The van der Waals surface area contributed by atoms with Gasteiger partial charge in [0.2, 0.25) is 5.78 Å². The fraction of sp³-hybridized carbons (Fsp3) is 0.200. The number of hydrogen-bond acceptors (Lipinski definition) is 5. The summed E-state index contributed by atoms with van der Waals surface area (Å²) < 4.78 is 5.11. The molecule has 0 aliphatic heterocycles. The second-order valence-corrected chi connectivity index (χ2v) is 6.12. The predicted molar refractivity (Wildman–Crippen MR) is 97.3 cm³/mol. The lowest BCUT2D eigenvalue weighted by atomic mass is 10.0. The molecule has 132 valence electrons. The van der Waals surface area contributed by atoms with E-state index in [1.54, 1.807) is 30.3 Å². The molecule has 0 spiro atoms. The van der Waals surface area contributed by atoms with E-state index in [1.165, 1.54) is 0 Å². The first-order chi connectivity index (χ1) is 12.5. The Morgan fingerprint density at radius 2 is 1.81 bits per heavy atom. The molecule has 1 aromatic heterocycles. The summed E-state index contributed by atoms with van der Waals surface area (Å²) in [4.78, 5) is 36.1. The third kappa shape index (κ3) is 3.69. The van der Waals surface area contributed by atoms with Gasteiger partial charge in [0.25, 0.3) is 5.56 Å². The van der Waals surface area contributed by atoms with Gasteiger partial charge in [0.1, 0.15) is 0 Å². The molecule has 2 aromatic carbocycles. The molecule has 0 unspecified atom stereocenters. The van der Waals surface area contributed by atoms with Crippen molar-refractivity contribution in [2.75, 3.05) is 6.61 Å². The number of hydrogen-bond donors (Lipinski definition) is 1. The molecule has 0 aliphatic carbocycles. The largest absolute Gasteiger partial charge is 0.457 e. The van der Waals surface area contributed by atoms with Crippen LogP contribution in [0.1, 0.15) is 27.2 Å². The van der Waals surface area contributed by atoms with Gasteiger partial charge in [0.05, 0.1) is 17.5 Å². The maximum atomic E-state index is 12.3. The van der Waals surface area contributed by atoms with Crippen molar-refractivity contribution in [2.24, 2.45) is 0 Å². The second kappa shape index (κ2) is 7.31. The van der Waals surface area contributed by atoms with Crippen molar-refractivity contribution in [3.05, 3.63) is 75.2 Å². The van der Waals surface area contributed by atoms with E-state index in [0.29, 0.717) is 22.0 Å². The molecule has 1 N–H and O–H groups in total. The number of H-pyrrole nitrogens is 1. The second-order valence-electron chi connectivity index (χ2n) is 6.12. The summed E-state index contributed by atoms with van der Waals surface area (Å²) in [7, 11) is 0. The number of ketones is 1. The molecule has 0 bridgehead atoms. The van der Waals surface area contributed by atoms with Crippen LogP contribution in [-0.4, -0.2) is 28.6 Å². The number of nitrogens with one attached hydrogen (secondary N) is 1. The predicted octanol–water partition coefficient (Wildman–Crippen LogP) is 2.51. The van der Waals surface area contributed by atoms with E-state index in [2.05, 4.69) is 10.2 Å². The van der Waals surface area contributed by atoms with Gasteiger partial charge in [-0.25, -0.2) is 5.10 Å². The van der Waals surface area contributed by atoms with Gasteiger partial charge in [-0.2, -0.15) is 5.10 Å². The van der Waals surface area contributed by atoms with E-state index < -0.39 is 5.97 Å². The summed E-state index contributed by atoms with van der Waals surface area (Å²) in [5.41, 5.74) is 2.54. The molecule has 26 heavy (non-hydrogen) atoms. The number of ether oxygens (including phenoxy) is 1. The average Bonchev–Trinajstić information content (AvgIpc) is 2.62. The number of aromatic amines is 1. The molecule has 3 rings (SSSR count). The number of esters is 1. The standard InChI is InChI=1S/C20H18N2O4/c1-12-7-8-14(13(2)9-12)18(23)11-26-19(24)10-17-15-5-3-4-6-16(15)20(25)22-21-17/h3-9H,10-11H2,1-2H3,(H,22,25). The first-order valence-corrected chi connectivity index (χ1v) is 8.18. The Kier molecular flexibility index (Phi) is 4.93. The highest BCUT2D eigenvalue weighted by Crippen LogP contribution is 2.14. The molecule has 0 amide bonds. The molecule has 6 nitrogen and oxygen atoms in total. The van der Waals surface area contributed by atoms with Crippen LogP contribution in [0.5, 0.6) is 0 Å². The van der Waals surface area contributed by atoms with Gasteiger partial charge < -0.3 is 4.74 Å². The molecule has 0 radical (unpaired) electrons. The van der Waals surface area contributed by atoms with E-state index in [0.717, 1.165) is 11.1 Å². The molecule has 0 fully saturated rings. The summed E-state index contributed by atoms with van der Waals surface area (Å²) >= 11 is 0. The number of fused-ring (bicyclic) bond motifs is 1. The molecule has 6 heteroatoms. The SMILES string of the molecule is Cc1ccc(C(=O)COC(=O)Cc2n[nH]c(=O)c3ccccc23)c(C)c1. The molecule has 0 saturated carbocycles. The maximum absolute atomic E-state index is 12.3. The smallest absolute Gasteiger partial charge is 0.312 e. The van der Waals surface area contributed by atoms with Crippen molar-refractivity contribution >= 4 is 22.5 Å². The van der Waals surface area contributed by atoms with Crippen molar-refractivity contribution < 1.29 is 14.3 Å². The van der Waals surface area contributed by atoms with Crippen molar-refractivity contribution in [1.29, 1.82) is 0 Å². The van der Waals surface area contributed by atoms with Crippen LogP contribution in [0.15, 0.2) is 47.3 Å². The van der Waals surface area contributed by atoms with E-state index in [4.69, 9.17) is 4.74 Å². The number of carbonyl (C=O) groups excluding carboxylic acids is 2. The Labute approximate surface area is 149 Å². The third-order valence-corrected chi connectivity index (χ3v) is 4.13. The van der Waals surface area contributed by atoms with Crippen LogP contribution in [-0.2, 0) is 16.0 Å². The minimum absolute atomic E-state index is 0.128. The first-order valence-electron chi connectivity index (χ1n) is 8.18. The van der Waals surface area contributed by atoms with E-state index in [1.807, 2.05) is 26.0 Å². The molecular weight excluding hydrogens is 332 g/mol. The monoisotopic (exact) mass is 350 g/mol. The zero-order chi connectivity index (χ0) is 18.7. The number of carbonyl (C=O) groups is 2. The Bertz CT molecular complexity index is 1050. The number of aryl methyl sites for hydroxylation is 2. The lowest BCUT2D eigenvalue weighted by molar-refractivity contribution is -0.141. The lowest BCUT2D eigenvalue weighted by Gasteiger charge is -2.08. The first kappa shape index (κ1) is 17.5. The number of nitrogens with zero attached hydrogens (tertiary/aromatic N) is 1. The minimum Gasteiger partial charge on any atom is -0.457 e. The number of benzene rings is 2. The van der Waals surface area contributed by atoms with Gasteiger partial charge >= 0.3 is 5.97 Å². The Hall–Kier alpha value is -3.28. The quantitative estimate of drug-likeness (QED) is 0.564. The van der Waals surface area contributed by atoms with Gasteiger partial charge in [-0.05, 0) is 25.5 Å². The topological polar surface area (TPSA) is 89.1 Å². The van der Waals surface area contributed by atoms with Crippen LogP contribution >= 0.6 is 0 Å². The van der Waals surface area contributed by atoms with Crippen molar-refractivity contribution in [3.8, 4) is 0 Å². The summed E-state index contributed by atoms with van der Waals surface area (Å²) in [5, 5.41) is 7.35. The fourth-order valence-electron chi connectivity index (χ4n) is 2.84. The Morgan fingerprint density at radius 3 is 2.54 bits per heavy atom. The Morgan fingerprint density at radius 1 is 1.08 bits per heavy atom. The van der Waals surface area contributed by atoms with Crippen LogP contribution in [0.25, 0.3) is 10.8 Å². The summed E-state index contributed by atoms with van der Waals surface area (Å²) in [6.07, 6.45) is -0.128. The minimum atomic E-state index is -0.576. The highest BCUT2D eigenvalue weighted by atomic mass is 16.5. The summed E-state index contributed by atoms with van der Waals surface area (Å²) in [5.74, 6) is -0.831. The van der Waals surface area contributed by atoms with Crippen molar-refractivity contribution in [3.63, 3.8) is 0 Å². The maximum Gasteiger partial charge on any atom is 0.312 e. The van der Waals surface area contributed by atoms with Gasteiger partial charge in [-0.15, -0.1) is 0 Å². The van der Waals surface area contributed by atoms with Crippen molar-refractivity contribution in [1.82, 2.24) is 10.2 Å². The molecule has 1 heterocycles. The van der Waals surface area contributed by atoms with Crippen LogP contribution in [0.2, 0.25) is 0 Å². The highest BCUT2D eigenvalue weighted by Gasteiger charge is 2.15. The van der Waals surface area contributed by atoms with Crippen LogP contribution < -0.4 is 5.56 Å². The molecule has 0 atom stereocenters. The number of rotatable bonds is 5. The molecular formula is C20H18N2O4. The lowest BCUT2D eigenvalue weighted by Crippen LogP contribution is -2.18. The van der Waals surface area contributed by atoms with Crippen LogP contribution in [0.3, 0.4) is 0 Å². The van der Waals surface area contributed by atoms with Crippen LogP contribution in [0, 0.1) is 13.8 Å². The zero-order valence-corrected chi connectivity index (χ0v) is 14.5. The summed E-state index contributed by atoms with van der Waals surface area (Å²) in [6, 6.07) is 12.4. The van der Waals surface area contributed by atoms with Gasteiger partial charge in [0.15, 0.2) is 6.61 Å². The van der Waals surface area contributed by atoms with E-state index in [9.17, 15) is 14.4 Å². The van der Waals surface area contributed by atoms with E-state index >= 15 is 0 Å². The normalized spacial score (nSPS) is 10.7. The third-order valence-electron chi connectivity index (χ3n) is 4.13. The number of aromatic nitrogens is 2. The average molecular weight is 350 g/mol. The molecule has 3 aromatic rings. The molecule has 0 saturated heterocycles. The molecule has 0 aliphatic rings. The van der Waals surface area contributed by atoms with Gasteiger partial charge in [-0.3, -0.25) is 14.4 Å². The zero-order valence-electron chi connectivity index (χ0n) is 14.5. The van der Waals surface area contributed by atoms with Crippen molar-refractivity contribution in [2.45, 2.75) is 20.3 Å². The summed E-state index contributed by atoms with van der Waals surface area (Å²) in [6.45, 7) is 3.46. The fourth-order valence-corrected chi connectivity index (χ4v) is 2.84.